The Morgan fingerprint density at radius 2 is 1.81 bits per heavy atom. The van der Waals surface area contributed by atoms with Crippen molar-refractivity contribution < 1.29 is 9.31 Å². The third-order valence-electron chi connectivity index (χ3n) is 2.46. The molecule has 2 aromatic rings. The predicted octanol–water partition coefficient (Wildman–Crippen LogP) is 4.54. The minimum Gasteiger partial charge on any atom is -0.334 e. The number of benzene rings is 1. The van der Waals surface area contributed by atoms with Crippen LogP contribution in [-0.2, 0) is 0 Å². The molecule has 1 aromatic heterocycles. The zero-order valence-electron chi connectivity index (χ0n) is 10.3. The molecule has 0 aliphatic heterocycles. The van der Waals surface area contributed by atoms with Crippen LogP contribution in [0.25, 0.3) is 0 Å². The van der Waals surface area contributed by atoms with E-state index >= 15 is 0 Å². The second kappa shape index (κ2) is 5.97. The van der Waals surface area contributed by atoms with Crippen LogP contribution in [-0.4, -0.2) is 14.9 Å². The molecule has 0 aliphatic carbocycles. The first kappa shape index (κ1) is 15.7. The largest absolute Gasteiger partial charge is 0.334 e. The van der Waals surface area contributed by atoms with Gasteiger partial charge in [0.15, 0.2) is 5.82 Å². The van der Waals surface area contributed by atoms with Gasteiger partial charge in [0, 0.05) is 5.69 Å². The number of hydrogen-bond acceptors (Lipinski definition) is 5. The van der Waals surface area contributed by atoms with Gasteiger partial charge in [-0.05, 0) is 30.7 Å². The van der Waals surface area contributed by atoms with Gasteiger partial charge in [-0.15, -0.1) is 0 Å². The zero-order valence-corrected chi connectivity index (χ0v) is 12.6. The normalized spacial score (nSPS) is 10.5. The van der Waals surface area contributed by atoms with E-state index in [0.29, 0.717) is 0 Å². The number of nitro groups is 1. The molecule has 0 fully saturated rings. The molecule has 6 nitrogen and oxygen atoms in total. The van der Waals surface area contributed by atoms with Gasteiger partial charge in [0.05, 0.1) is 15.0 Å². The fourth-order valence-electron chi connectivity index (χ4n) is 1.60. The molecule has 0 radical (unpaired) electrons. The van der Waals surface area contributed by atoms with Gasteiger partial charge in [-0.2, -0.15) is 4.98 Å². The molecule has 21 heavy (non-hydrogen) atoms. The van der Waals surface area contributed by atoms with Crippen molar-refractivity contribution in [3.05, 3.63) is 49.1 Å². The standard InChI is InChI=1S/C11H6Cl3FN4O2/c1-4-9(19(20)21)10(18-11(14)16-4)17-5-2-6(12)8(15)7(13)3-5/h2-3H,1H3,(H,16,17,18). The average molecular weight is 352 g/mol. The summed E-state index contributed by atoms with van der Waals surface area (Å²) in [5.74, 6) is -0.925. The van der Waals surface area contributed by atoms with E-state index in [-0.39, 0.29) is 38.2 Å². The van der Waals surface area contributed by atoms with Gasteiger partial charge in [-0.25, -0.2) is 9.37 Å². The maximum atomic E-state index is 13.3. The zero-order chi connectivity index (χ0) is 15.7. The summed E-state index contributed by atoms with van der Waals surface area (Å²) in [7, 11) is 0. The molecule has 0 unspecified atom stereocenters. The number of nitrogens with one attached hydrogen (secondary N) is 1. The Morgan fingerprint density at radius 1 is 1.24 bits per heavy atom. The number of hydrogen-bond donors (Lipinski definition) is 1. The van der Waals surface area contributed by atoms with Crippen LogP contribution in [0.2, 0.25) is 15.3 Å². The Hall–Kier alpha value is -1.70. The van der Waals surface area contributed by atoms with Gasteiger partial charge >= 0.3 is 5.69 Å². The van der Waals surface area contributed by atoms with Gasteiger partial charge in [-0.1, -0.05) is 23.2 Å². The minimum atomic E-state index is -0.782. The molecule has 1 heterocycles. The van der Waals surface area contributed by atoms with E-state index in [4.69, 9.17) is 34.8 Å². The minimum absolute atomic E-state index is 0.0850. The Kier molecular flexibility index (Phi) is 4.46. The van der Waals surface area contributed by atoms with Crippen LogP contribution in [0.1, 0.15) is 5.69 Å². The van der Waals surface area contributed by atoms with Crippen LogP contribution in [0.3, 0.4) is 0 Å². The fourth-order valence-corrected chi connectivity index (χ4v) is 2.30. The molecule has 0 saturated carbocycles. The van der Waals surface area contributed by atoms with Crippen molar-refractivity contribution in [1.82, 2.24) is 9.97 Å². The number of aryl methyl sites for hydroxylation is 1. The first-order chi connectivity index (χ1) is 9.79. The van der Waals surface area contributed by atoms with Crippen LogP contribution in [0.4, 0.5) is 21.6 Å². The highest BCUT2D eigenvalue weighted by Crippen LogP contribution is 2.32. The Morgan fingerprint density at radius 3 is 2.33 bits per heavy atom. The maximum absolute atomic E-state index is 13.3. The lowest BCUT2D eigenvalue weighted by molar-refractivity contribution is -0.385. The van der Waals surface area contributed by atoms with Crippen molar-refractivity contribution in [3.63, 3.8) is 0 Å². The third kappa shape index (κ3) is 3.31. The molecule has 0 atom stereocenters. The second-order valence-electron chi connectivity index (χ2n) is 3.91. The van der Waals surface area contributed by atoms with Crippen LogP contribution in [0.5, 0.6) is 0 Å². The van der Waals surface area contributed by atoms with Crippen LogP contribution >= 0.6 is 34.8 Å². The molecule has 110 valence electrons. The Bertz CT molecular complexity index is 719. The molecule has 2 rings (SSSR count). The lowest BCUT2D eigenvalue weighted by atomic mass is 10.3. The molecular weight excluding hydrogens is 346 g/mol. The van der Waals surface area contributed by atoms with Crippen LogP contribution in [0, 0.1) is 22.9 Å². The highest BCUT2D eigenvalue weighted by atomic mass is 35.5. The Balaban J connectivity index is 2.51. The third-order valence-corrected chi connectivity index (χ3v) is 3.18. The average Bonchev–Trinajstić information content (AvgIpc) is 2.34. The van der Waals surface area contributed by atoms with E-state index in [9.17, 15) is 14.5 Å². The number of anilines is 2. The van der Waals surface area contributed by atoms with Gasteiger partial charge < -0.3 is 5.32 Å². The summed E-state index contributed by atoms with van der Waals surface area (Å²) < 4.78 is 13.3. The lowest BCUT2D eigenvalue weighted by Crippen LogP contribution is -2.04. The molecular formula is C11H6Cl3FN4O2. The topological polar surface area (TPSA) is 81.0 Å². The molecule has 1 aromatic carbocycles. The number of rotatable bonds is 3. The van der Waals surface area contributed by atoms with Crippen molar-refractivity contribution in [1.29, 1.82) is 0 Å². The lowest BCUT2D eigenvalue weighted by Gasteiger charge is -2.09. The van der Waals surface area contributed by atoms with E-state index in [1.54, 1.807) is 0 Å². The van der Waals surface area contributed by atoms with Gasteiger partial charge in [0.1, 0.15) is 5.69 Å². The smallest absolute Gasteiger partial charge is 0.332 e. The van der Waals surface area contributed by atoms with Gasteiger partial charge in [0.25, 0.3) is 0 Å². The van der Waals surface area contributed by atoms with Gasteiger partial charge in [0.2, 0.25) is 11.1 Å². The maximum Gasteiger partial charge on any atom is 0.332 e. The predicted molar refractivity (Wildman–Crippen MR) is 78.1 cm³/mol. The molecule has 1 N–H and O–H groups in total. The van der Waals surface area contributed by atoms with Crippen LogP contribution < -0.4 is 5.32 Å². The fraction of sp³-hybridized carbons (Fsp3) is 0.0909. The van der Waals surface area contributed by atoms with Crippen molar-refractivity contribution >= 4 is 52.0 Å². The SMILES string of the molecule is Cc1nc(Cl)nc(Nc2cc(Cl)c(F)c(Cl)c2)c1[N+](=O)[O-]. The molecule has 0 amide bonds. The van der Waals surface area contributed by atoms with E-state index in [0.717, 1.165) is 0 Å². The summed E-state index contributed by atoms with van der Waals surface area (Å²) in [6.45, 7) is 1.42. The first-order valence-corrected chi connectivity index (χ1v) is 6.53. The first-order valence-electron chi connectivity index (χ1n) is 5.39. The van der Waals surface area contributed by atoms with Crippen molar-refractivity contribution in [3.8, 4) is 0 Å². The monoisotopic (exact) mass is 350 g/mol. The van der Waals surface area contributed by atoms with E-state index in [1.165, 1.54) is 19.1 Å². The summed E-state index contributed by atoms with van der Waals surface area (Å²) >= 11 is 17.0. The molecule has 0 spiro atoms. The number of halogens is 4. The second-order valence-corrected chi connectivity index (χ2v) is 5.06. The van der Waals surface area contributed by atoms with E-state index in [1.807, 2.05) is 0 Å². The van der Waals surface area contributed by atoms with Crippen LogP contribution in [0.15, 0.2) is 12.1 Å². The molecule has 0 bridgehead atoms. The summed E-state index contributed by atoms with van der Waals surface area (Å²) in [5.41, 5.74) is -0.0403. The highest BCUT2D eigenvalue weighted by Gasteiger charge is 2.22. The van der Waals surface area contributed by atoms with Gasteiger partial charge in [-0.3, -0.25) is 10.1 Å². The summed E-state index contributed by atoms with van der Waals surface area (Å²) in [4.78, 5) is 17.9. The Labute approximate surface area is 133 Å². The van der Waals surface area contributed by atoms with Crippen molar-refractivity contribution in [2.75, 3.05) is 5.32 Å². The summed E-state index contributed by atoms with van der Waals surface area (Å²) in [6.07, 6.45) is 0. The highest BCUT2D eigenvalue weighted by molar-refractivity contribution is 6.35. The van der Waals surface area contributed by atoms with Crippen molar-refractivity contribution in [2.45, 2.75) is 6.92 Å². The summed E-state index contributed by atoms with van der Waals surface area (Å²) in [5, 5.41) is 13.1. The molecule has 10 heteroatoms. The quantitative estimate of drug-likeness (QED) is 0.380. The molecule has 0 saturated heterocycles. The van der Waals surface area contributed by atoms with Crippen molar-refractivity contribution in [2.24, 2.45) is 0 Å². The number of aromatic nitrogens is 2. The molecule has 0 aliphatic rings. The van der Waals surface area contributed by atoms with E-state index in [2.05, 4.69) is 15.3 Å². The summed E-state index contributed by atoms with van der Waals surface area (Å²) in [6, 6.07) is 2.44. The van der Waals surface area contributed by atoms with E-state index < -0.39 is 10.7 Å². The number of nitrogens with zero attached hydrogens (tertiary/aromatic N) is 3.